The average molecular weight is 393 g/mol. The van der Waals surface area contributed by atoms with Gasteiger partial charge in [0.25, 0.3) is 0 Å². The van der Waals surface area contributed by atoms with E-state index in [9.17, 15) is 5.11 Å². The van der Waals surface area contributed by atoms with Gasteiger partial charge in [-0.05, 0) is 67.1 Å². The molecule has 28 heavy (non-hydrogen) atoms. The Hall–Kier alpha value is -2.23. The van der Waals surface area contributed by atoms with Gasteiger partial charge in [0.2, 0.25) is 0 Å². The molecule has 1 aliphatic carbocycles. The van der Waals surface area contributed by atoms with Crippen molar-refractivity contribution in [3.05, 3.63) is 77.0 Å². The van der Waals surface area contributed by atoms with E-state index in [1.165, 1.54) is 22.2 Å². The van der Waals surface area contributed by atoms with E-state index in [1.807, 2.05) is 30.3 Å². The Morgan fingerprint density at radius 2 is 2.18 bits per heavy atom. The SMILES string of the molecule is C=CCN1CCC2(c3cccc(O)c3)Cc3[nH]c4cc(Cl)ccc4c3CC2C1. The molecule has 2 N–H and O–H groups in total. The fraction of sp³-hybridized carbons (Fsp3) is 0.333. The minimum absolute atomic E-state index is 0.0497. The highest BCUT2D eigenvalue weighted by molar-refractivity contribution is 6.31. The third kappa shape index (κ3) is 2.76. The largest absolute Gasteiger partial charge is 0.508 e. The maximum absolute atomic E-state index is 10.2. The Labute approximate surface area is 170 Å². The van der Waals surface area contributed by atoms with Crippen LogP contribution in [0.5, 0.6) is 5.75 Å². The Kier molecular flexibility index (Phi) is 4.26. The van der Waals surface area contributed by atoms with Crippen molar-refractivity contribution >= 4 is 22.5 Å². The normalized spacial score (nSPS) is 24.7. The highest BCUT2D eigenvalue weighted by atomic mass is 35.5. The van der Waals surface area contributed by atoms with Gasteiger partial charge in [0, 0.05) is 40.1 Å². The summed E-state index contributed by atoms with van der Waals surface area (Å²) < 4.78 is 0. The number of halogens is 1. The van der Waals surface area contributed by atoms with E-state index in [1.54, 1.807) is 6.07 Å². The minimum Gasteiger partial charge on any atom is -0.508 e. The van der Waals surface area contributed by atoms with E-state index in [2.05, 4.69) is 28.6 Å². The zero-order chi connectivity index (χ0) is 19.3. The van der Waals surface area contributed by atoms with Gasteiger partial charge in [-0.15, -0.1) is 6.58 Å². The molecule has 2 heterocycles. The molecule has 3 nitrogen and oxygen atoms in total. The van der Waals surface area contributed by atoms with Crippen molar-refractivity contribution in [1.29, 1.82) is 0 Å². The van der Waals surface area contributed by atoms with Crippen LogP contribution in [0.1, 0.15) is 23.2 Å². The Bertz CT molecular complexity index is 1060. The molecule has 2 unspecified atom stereocenters. The second-order valence-corrected chi connectivity index (χ2v) is 8.79. The van der Waals surface area contributed by atoms with Gasteiger partial charge in [-0.2, -0.15) is 0 Å². The monoisotopic (exact) mass is 392 g/mol. The molecule has 1 aliphatic heterocycles. The number of H-pyrrole nitrogens is 1. The Morgan fingerprint density at radius 3 is 3.00 bits per heavy atom. The van der Waals surface area contributed by atoms with Gasteiger partial charge in [0.1, 0.15) is 5.75 Å². The molecule has 2 aromatic carbocycles. The number of aromatic nitrogens is 1. The van der Waals surface area contributed by atoms with E-state index in [0.717, 1.165) is 49.4 Å². The van der Waals surface area contributed by atoms with Crippen LogP contribution >= 0.6 is 11.6 Å². The number of fused-ring (bicyclic) bond motifs is 4. The lowest BCUT2D eigenvalue weighted by Crippen LogP contribution is -2.53. The summed E-state index contributed by atoms with van der Waals surface area (Å²) >= 11 is 6.23. The molecule has 5 rings (SSSR count). The van der Waals surface area contributed by atoms with Crippen molar-refractivity contribution in [1.82, 2.24) is 9.88 Å². The quantitative estimate of drug-likeness (QED) is 0.610. The van der Waals surface area contributed by atoms with Crippen molar-refractivity contribution in [2.75, 3.05) is 19.6 Å². The number of aromatic hydroxyl groups is 1. The number of benzene rings is 2. The molecule has 0 saturated carbocycles. The first-order valence-corrected chi connectivity index (χ1v) is 10.4. The van der Waals surface area contributed by atoms with Gasteiger partial charge >= 0.3 is 0 Å². The Balaban J connectivity index is 1.64. The summed E-state index contributed by atoms with van der Waals surface area (Å²) in [6.45, 7) is 6.98. The van der Waals surface area contributed by atoms with Gasteiger partial charge in [-0.25, -0.2) is 0 Å². The summed E-state index contributed by atoms with van der Waals surface area (Å²) in [6, 6.07) is 14.1. The summed E-state index contributed by atoms with van der Waals surface area (Å²) in [7, 11) is 0. The summed E-state index contributed by atoms with van der Waals surface area (Å²) in [5.41, 5.74) is 5.21. The van der Waals surface area contributed by atoms with Crippen LogP contribution in [0.15, 0.2) is 55.1 Å². The number of likely N-dealkylation sites (tertiary alicyclic amines) is 1. The lowest BCUT2D eigenvalue weighted by atomic mass is 9.58. The number of hydrogen-bond acceptors (Lipinski definition) is 2. The summed E-state index contributed by atoms with van der Waals surface area (Å²) in [5.74, 6) is 0.860. The number of hydrogen-bond donors (Lipinski definition) is 2. The number of rotatable bonds is 3. The molecular formula is C24H25ClN2O. The summed E-state index contributed by atoms with van der Waals surface area (Å²) in [6.07, 6.45) is 5.11. The van der Waals surface area contributed by atoms with Crippen molar-refractivity contribution in [2.24, 2.45) is 5.92 Å². The lowest BCUT2D eigenvalue weighted by molar-refractivity contribution is 0.0896. The van der Waals surface area contributed by atoms with Gasteiger partial charge in [-0.1, -0.05) is 35.9 Å². The molecule has 3 aromatic rings. The number of piperidine rings is 1. The first kappa shape index (κ1) is 17.8. The van der Waals surface area contributed by atoms with Crippen LogP contribution in [0.3, 0.4) is 0 Å². The fourth-order valence-electron chi connectivity index (χ4n) is 5.51. The zero-order valence-electron chi connectivity index (χ0n) is 15.9. The van der Waals surface area contributed by atoms with Crippen molar-refractivity contribution in [3.63, 3.8) is 0 Å². The Morgan fingerprint density at radius 1 is 1.29 bits per heavy atom. The van der Waals surface area contributed by atoms with Crippen LogP contribution in [0.25, 0.3) is 10.9 Å². The third-order valence-corrected chi connectivity index (χ3v) is 7.08. The van der Waals surface area contributed by atoms with Gasteiger partial charge < -0.3 is 10.1 Å². The molecule has 2 atom stereocenters. The second-order valence-electron chi connectivity index (χ2n) is 8.35. The van der Waals surface area contributed by atoms with Crippen LogP contribution in [0.2, 0.25) is 5.02 Å². The maximum Gasteiger partial charge on any atom is 0.115 e. The molecule has 1 saturated heterocycles. The van der Waals surface area contributed by atoms with Crippen LogP contribution < -0.4 is 0 Å². The molecule has 1 fully saturated rings. The molecule has 0 radical (unpaired) electrons. The standard InChI is InChI=1S/C24H25ClN2O/c1-2-9-27-10-8-24(16-4-3-5-19(28)11-16)14-23-21(12-17(24)15-27)20-7-6-18(25)13-22(20)26-23/h2-7,11,13,17,26,28H,1,8-10,12,14-15H2. The number of aromatic amines is 1. The third-order valence-electron chi connectivity index (χ3n) is 6.84. The molecule has 1 aromatic heterocycles. The van der Waals surface area contributed by atoms with E-state index < -0.39 is 0 Å². The molecular weight excluding hydrogens is 368 g/mol. The topological polar surface area (TPSA) is 39.3 Å². The highest BCUT2D eigenvalue weighted by Crippen LogP contribution is 2.49. The first-order valence-electron chi connectivity index (χ1n) is 10.0. The van der Waals surface area contributed by atoms with Gasteiger partial charge in [0.15, 0.2) is 0 Å². The van der Waals surface area contributed by atoms with Crippen LogP contribution in [-0.2, 0) is 18.3 Å². The minimum atomic E-state index is 0.0497. The van der Waals surface area contributed by atoms with E-state index in [-0.39, 0.29) is 5.41 Å². The number of nitrogens with one attached hydrogen (secondary N) is 1. The van der Waals surface area contributed by atoms with Crippen molar-refractivity contribution in [3.8, 4) is 5.75 Å². The second kappa shape index (κ2) is 6.68. The highest BCUT2D eigenvalue weighted by Gasteiger charge is 2.47. The average Bonchev–Trinajstić information content (AvgIpc) is 3.02. The number of phenolic OH excluding ortho intramolecular Hbond substituents is 1. The maximum atomic E-state index is 10.2. The van der Waals surface area contributed by atoms with Crippen molar-refractivity contribution in [2.45, 2.75) is 24.7 Å². The van der Waals surface area contributed by atoms with E-state index >= 15 is 0 Å². The predicted molar refractivity (Wildman–Crippen MR) is 115 cm³/mol. The first-order chi connectivity index (χ1) is 13.6. The molecule has 0 bridgehead atoms. The van der Waals surface area contributed by atoms with Crippen molar-refractivity contribution < 1.29 is 5.11 Å². The molecule has 0 amide bonds. The predicted octanol–water partition coefficient (Wildman–Crippen LogP) is 5.07. The summed E-state index contributed by atoms with van der Waals surface area (Å²) in [4.78, 5) is 6.17. The van der Waals surface area contributed by atoms with E-state index in [4.69, 9.17) is 11.6 Å². The zero-order valence-corrected chi connectivity index (χ0v) is 16.7. The molecule has 144 valence electrons. The van der Waals surface area contributed by atoms with Gasteiger partial charge in [0.05, 0.1) is 0 Å². The molecule has 0 spiro atoms. The van der Waals surface area contributed by atoms with Crippen LogP contribution in [-0.4, -0.2) is 34.6 Å². The van der Waals surface area contributed by atoms with E-state index in [0.29, 0.717) is 11.7 Å². The lowest BCUT2D eigenvalue weighted by Gasteiger charge is -2.51. The number of phenols is 1. The number of nitrogens with zero attached hydrogens (tertiary/aromatic N) is 1. The molecule has 4 heteroatoms. The molecule has 2 aliphatic rings. The smallest absolute Gasteiger partial charge is 0.115 e. The van der Waals surface area contributed by atoms with Crippen LogP contribution in [0.4, 0.5) is 0 Å². The van der Waals surface area contributed by atoms with Crippen LogP contribution in [0, 0.1) is 5.92 Å². The van der Waals surface area contributed by atoms with Gasteiger partial charge in [-0.3, -0.25) is 4.90 Å². The fourth-order valence-corrected chi connectivity index (χ4v) is 5.68. The summed E-state index contributed by atoms with van der Waals surface area (Å²) in [5, 5.41) is 12.2.